The third kappa shape index (κ3) is 3.57. The molecule has 5 nitrogen and oxygen atoms in total. The topological polar surface area (TPSA) is 64.0 Å². The summed E-state index contributed by atoms with van der Waals surface area (Å²) in [6, 6.07) is 14.6. The summed E-state index contributed by atoms with van der Waals surface area (Å²) in [5.74, 6) is -0.327. The van der Waals surface area contributed by atoms with E-state index in [2.05, 4.69) is 10.3 Å². The van der Waals surface area contributed by atoms with E-state index in [1.807, 2.05) is 37.3 Å². The van der Waals surface area contributed by atoms with Crippen LogP contribution in [0.1, 0.15) is 21.5 Å². The number of aryl methyl sites for hydroxylation is 1. The van der Waals surface area contributed by atoms with Crippen molar-refractivity contribution in [3.05, 3.63) is 94.2 Å². The number of anilines is 1. The van der Waals surface area contributed by atoms with Crippen LogP contribution in [0.25, 0.3) is 0 Å². The number of nitrogens with zero attached hydrogens (tertiary/aromatic N) is 2. The Labute approximate surface area is 139 Å². The molecular formula is C19H17N3O2. The molecule has 3 aromatic rings. The zero-order valence-corrected chi connectivity index (χ0v) is 13.3. The lowest BCUT2D eigenvalue weighted by Crippen LogP contribution is -2.26. The van der Waals surface area contributed by atoms with Crippen LogP contribution in [0.4, 0.5) is 5.69 Å². The summed E-state index contributed by atoms with van der Waals surface area (Å²) in [6.07, 6.45) is 4.87. The molecule has 2 heterocycles. The second-order valence-electron chi connectivity index (χ2n) is 5.54. The molecule has 1 aromatic carbocycles. The Kier molecular flexibility index (Phi) is 4.52. The molecular weight excluding hydrogens is 302 g/mol. The number of hydrogen-bond acceptors (Lipinski definition) is 3. The highest BCUT2D eigenvalue weighted by molar-refractivity contribution is 6.04. The quantitative estimate of drug-likeness (QED) is 0.804. The van der Waals surface area contributed by atoms with Crippen molar-refractivity contribution in [1.29, 1.82) is 0 Å². The first-order chi connectivity index (χ1) is 11.6. The van der Waals surface area contributed by atoms with E-state index >= 15 is 0 Å². The van der Waals surface area contributed by atoms with Crippen molar-refractivity contribution in [2.75, 3.05) is 5.32 Å². The van der Waals surface area contributed by atoms with E-state index in [-0.39, 0.29) is 17.2 Å². The van der Waals surface area contributed by atoms with Gasteiger partial charge >= 0.3 is 0 Å². The molecule has 0 bridgehead atoms. The molecule has 0 aliphatic heterocycles. The fourth-order valence-corrected chi connectivity index (χ4v) is 2.47. The van der Waals surface area contributed by atoms with Gasteiger partial charge in [0.15, 0.2) is 0 Å². The van der Waals surface area contributed by atoms with E-state index < -0.39 is 0 Å². The number of benzene rings is 1. The molecule has 0 saturated heterocycles. The molecule has 0 saturated carbocycles. The van der Waals surface area contributed by atoms with E-state index in [1.165, 1.54) is 0 Å². The van der Waals surface area contributed by atoms with Crippen molar-refractivity contribution in [3.8, 4) is 0 Å². The van der Waals surface area contributed by atoms with E-state index in [0.29, 0.717) is 12.1 Å². The fraction of sp³-hybridized carbons (Fsp3) is 0.105. The Morgan fingerprint density at radius 1 is 1.12 bits per heavy atom. The Balaban J connectivity index is 1.89. The van der Waals surface area contributed by atoms with Crippen LogP contribution in [-0.4, -0.2) is 15.5 Å². The molecule has 0 atom stereocenters. The lowest BCUT2D eigenvalue weighted by atomic mass is 10.2. The molecule has 120 valence electrons. The summed E-state index contributed by atoms with van der Waals surface area (Å²) < 4.78 is 1.60. The second kappa shape index (κ2) is 6.91. The summed E-state index contributed by atoms with van der Waals surface area (Å²) in [5, 5.41) is 2.69. The third-order valence-electron chi connectivity index (χ3n) is 3.61. The zero-order valence-electron chi connectivity index (χ0n) is 13.3. The lowest BCUT2D eigenvalue weighted by Gasteiger charge is -2.11. The third-order valence-corrected chi connectivity index (χ3v) is 3.61. The Hall–Kier alpha value is -3.21. The van der Waals surface area contributed by atoms with Gasteiger partial charge in [-0.15, -0.1) is 0 Å². The van der Waals surface area contributed by atoms with Gasteiger partial charge in [-0.1, -0.05) is 30.3 Å². The molecule has 0 spiro atoms. The van der Waals surface area contributed by atoms with Gasteiger partial charge in [0.05, 0.1) is 6.54 Å². The molecule has 1 amide bonds. The van der Waals surface area contributed by atoms with Crippen molar-refractivity contribution in [1.82, 2.24) is 9.55 Å². The Morgan fingerprint density at radius 3 is 2.54 bits per heavy atom. The zero-order chi connectivity index (χ0) is 16.9. The van der Waals surface area contributed by atoms with Gasteiger partial charge in [0.25, 0.3) is 11.5 Å². The van der Waals surface area contributed by atoms with Crippen LogP contribution < -0.4 is 10.9 Å². The standard InChI is InChI=1S/C19H17N3O2/c1-14-11-17(21-18(23)16-7-9-20-10-8-16)19(24)22(12-14)13-15-5-3-2-4-6-15/h2-12H,13H2,1H3,(H,21,23). The number of hydrogen-bond donors (Lipinski definition) is 1. The number of nitrogens with one attached hydrogen (secondary N) is 1. The number of carbonyl (C=O) groups excluding carboxylic acids is 1. The highest BCUT2D eigenvalue weighted by atomic mass is 16.2. The molecule has 3 rings (SSSR count). The second-order valence-corrected chi connectivity index (χ2v) is 5.54. The molecule has 2 aromatic heterocycles. The van der Waals surface area contributed by atoms with Crippen LogP contribution in [0, 0.1) is 6.92 Å². The molecule has 0 radical (unpaired) electrons. The van der Waals surface area contributed by atoms with Gasteiger partial charge < -0.3 is 9.88 Å². The number of pyridine rings is 2. The number of aromatic nitrogens is 2. The summed E-state index contributed by atoms with van der Waals surface area (Å²) in [4.78, 5) is 28.8. The molecule has 24 heavy (non-hydrogen) atoms. The largest absolute Gasteiger partial charge is 0.317 e. The average Bonchev–Trinajstić information content (AvgIpc) is 2.60. The first-order valence-corrected chi connectivity index (χ1v) is 7.60. The van der Waals surface area contributed by atoms with Crippen molar-refractivity contribution >= 4 is 11.6 Å². The van der Waals surface area contributed by atoms with Gasteiger partial charge in [0.1, 0.15) is 5.69 Å². The van der Waals surface area contributed by atoms with Crippen LogP contribution in [0.3, 0.4) is 0 Å². The highest BCUT2D eigenvalue weighted by Gasteiger charge is 2.11. The lowest BCUT2D eigenvalue weighted by molar-refractivity contribution is 0.102. The summed E-state index contributed by atoms with van der Waals surface area (Å²) in [7, 11) is 0. The normalized spacial score (nSPS) is 10.4. The van der Waals surface area contributed by atoms with Crippen molar-refractivity contribution in [2.45, 2.75) is 13.5 Å². The van der Waals surface area contributed by atoms with Gasteiger partial charge in [-0.05, 0) is 36.2 Å². The highest BCUT2D eigenvalue weighted by Crippen LogP contribution is 2.09. The van der Waals surface area contributed by atoms with Gasteiger partial charge in [-0.2, -0.15) is 0 Å². The summed E-state index contributed by atoms with van der Waals surface area (Å²) >= 11 is 0. The van der Waals surface area contributed by atoms with E-state index in [0.717, 1.165) is 11.1 Å². The monoisotopic (exact) mass is 319 g/mol. The van der Waals surface area contributed by atoms with Gasteiger partial charge in [-0.25, -0.2) is 0 Å². The van der Waals surface area contributed by atoms with Crippen molar-refractivity contribution in [3.63, 3.8) is 0 Å². The van der Waals surface area contributed by atoms with Crippen LogP contribution in [0.15, 0.2) is 71.9 Å². The minimum Gasteiger partial charge on any atom is -0.317 e. The van der Waals surface area contributed by atoms with Crippen LogP contribution >= 0.6 is 0 Å². The van der Waals surface area contributed by atoms with E-state index in [9.17, 15) is 9.59 Å². The Morgan fingerprint density at radius 2 is 1.83 bits per heavy atom. The minimum atomic E-state index is -0.327. The van der Waals surface area contributed by atoms with Gasteiger partial charge in [-0.3, -0.25) is 14.6 Å². The SMILES string of the molecule is Cc1cc(NC(=O)c2ccncc2)c(=O)n(Cc2ccccc2)c1. The number of carbonyl (C=O) groups is 1. The molecule has 0 aliphatic rings. The number of rotatable bonds is 4. The first kappa shape index (κ1) is 15.7. The average molecular weight is 319 g/mol. The molecule has 1 N–H and O–H groups in total. The van der Waals surface area contributed by atoms with Crippen LogP contribution in [0.5, 0.6) is 0 Å². The maximum atomic E-state index is 12.6. The fourth-order valence-electron chi connectivity index (χ4n) is 2.47. The predicted octanol–water partition coefficient (Wildman–Crippen LogP) is 2.85. The Bertz CT molecular complexity index is 903. The molecule has 0 aliphatic carbocycles. The van der Waals surface area contributed by atoms with Crippen molar-refractivity contribution < 1.29 is 4.79 Å². The first-order valence-electron chi connectivity index (χ1n) is 7.60. The molecule has 0 fully saturated rings. The summed E-state index contributed by atoms with van der Waals surface area (Å²) in [5.41, 5.74) is 2.42. The van der Waals surface area contributed by atoms with Crippen molar-refractivity contribution in [2.24, 2.45) is 0 Å². The van der Waals surface area contributed by atoms with Gasteiger partial charge in [0.2, 0.25) is 0 Å². The smallest absolute Gasteiger partial charge is 0.274 e. The van der Waals surface area contributed by atoms with Crippen LogP contribution in [0.2, 0.25) is 0 Å². The predicted molar refractivity (Wildman–Crippen MR) is 93.2 cm³/mol. The van der Waals surface area contributed by atoms with Crippen LogP contribution in [-0.2, 0) is 6.54 Å². The molecule has 0 unspecified atom stereocenters. The minimum absolute atomic E-state index is 0.230. The van der Waals surface area contributed by atoms with E-state index in [4.69, 9.17) is 0 Å². The molecule has 5 heteroatoms. The summed E-state index contributed by atoms with van der Waals surface area (Å²) in [6.45, 7) is 2.35. The number of amides is 1. The maximum Gasteiger partial charge on any atom is 0.274 e. The van der Waals surface area contributed by atoms with Gasteiger partial charge in [0, 0.05) is 24.2 Å². The van der Waals surface area contributed by atoms with E-state index in [1.54, 1.807) is 41.4 Å². The maximum absolute atomic E-state index is 12.6.